The predicted octanol–water partition coefficient (Wildman–Crippen LogP) is 7.24. The summed E-state index contributed by atoms with van der Waals surface area (Å²) in [6.07, 6.45) is 7.36. The number of carbonyl (C=O) groups excluding carboxylic acids is 3. The molecule has 282 valence electrons. The summed E-state index contributed by atoms with van der Waals surface area (Å²) in [5, 5.41) is 16.9. The van der Waals surface area contributed by atoms with Crippen molar-refractivity contribution in [3.05, 3.63) is 137 Å². The number of benzene rings is 4. The first kappa shape index (κ1) is 37.7. The summed E-state index contributed by atoms with van der Waals surface area (Å²) in [5.74, 6) is -0.744. The first-order valence-corrected chi connectivity index (χ1v) is 19.4. The van der Waals surface area contributed by atoms with Gasteiger partial charge in [0, 0.05) is 30.3 Å². The van der Waals surface area contributed by atoms with Crippen molar-refractivity contribution in [1.29, 1.82) is 0 Å². The summed E-state index contributed by atoms with van der Waals surface area (Å²) in [7, 11) is 1.97. The lowest BCUT2D eigenvalue weighted by atomic mass is 9.87. The smallest absolute Gasteiger partial charge is 0.256 e. The molecule has 1 aromatic heterocycles. The van der Waals surface area contributed by atoms with Crippen molar-refractivity contribution in [2.45, 2.75) is 64.0 Å². The van der Waals surface area contributed by atoms with Crippen LogP contribution in [-0.4, -0.2) is 70.3 Å². The summed E-state index contributed by atoms with van der Waals surface area (Å²) >= 11 is 0. The number of aliphatic hydroxyl groups excluding tert-OH is 1. The molecule has 0 saturated carbocycles. The van der Waals surface area contributed by atoms with E-state index in [9.17, 15) is 19.5 Å². The summed E-state index contributed by atoms with van der Waals surface area (Å²) in [4.78, 5) is 47.1. The monoisotopic (exact) mass is 735 g/mol. The number of nitrogens with zero attached hydrogens (tertiary/aromatic N) is 3. The van der Waals surface area contributed by atoms with Crippen molar-refractivity contribution in [1.82, 2.24) is 14.8 Å². The third-order valence-electron chi connectivity index (χ3n) is 10.7. The Morgan fingerprint density at radius 3 is 2.00 bits per heavy atom. The Labute approximate surface area is 323 Å². The minimum atomic E-state index is -1.34. The molecule has 0 unspecified atom stereocenters. The van der Waals surface area contributed by atoms with Gasteiger partial charge in [0.25, 0.3) is 5.91 Å². The highest BCUT2D eigenvalue weighted by molar-refractivity contribution is 5.98. The van der Waals surface area contributed by atoms with Gasteiger partial charge in [-0.25, -0.2) is 0 Å². The van der Waals surface area contributed by atoms with Crippen LogP contribution in [0, 0.1) is 0 Å². The van der Waals surface area contributed by atoms with Crippen LogP contribution in [0.2, 0.25) is 0 Å². The number of hydrogen-bond acceptors (Lipinski definition) is 6. The molecule has 2 atom stereocenters. The van der Waals surface area contributed by atoms with Gasteiger partial charge in [0.1, 0.15) is 6.04 Å². The Bertz CT molecular complexity index is 2170. The molecule has 9 nitrogen and oxygen atoms in total. The standard InChI is InChI=1S/C46H49N5O4/c1-3-24-50(2)30-43(52)48-38-9-4-7-36(28-38)40-26-31-12-16-33(40)17-13-32-15-19-34(18-14-31)41(27-32)37-8-5-10-39(29-37)49-45(54)42-11-6-25-51(42)46(55)44(53)35-20-22-47-23-21-35/h4-5,7-10,12,15-16,19-23,26-29,42,44,53H,3,6,11,13-14,17-18,24-25,30H2,1-2H3,(H,48,52)(H,49,54)/t42-,44-/m0/s1. The lowest BCUT2D eigenvalue weighted by Crippen LogP contribution is -2.45. The second-order valence-corrected chi connectivity index (χ2v) is 14.8. The van der Waals surface area contributed by atoms with Crippen LogP contribution in [0.3, 0.4) is 0 Å². The van der Waals surface area contributed by atoms with Gasteiger partial charge in [0.05, 0.1) is 6.54 Å². The number of hydrogen-bond donors (Lipinski definition) is 3. The average Bonchev–Trinajstić information content (AvgIpc) is 3.69. The van der Waals surface area contributed by atoms with E-state index in [0.29, 0.717) is 37.2 Å². The molecule has 1 saturated heterocycles. The third kappa shape index (κ3) is 9.02. The van der Waals surface area contributed by atoms with Gasteiger partial charge in [-0.2, -0.15) is 0 Å². The minimum absolute atomic E-state index is 0.0125. The number of likely N-dealkylation sites (N-methyl/N-ethyl adjacent to an activating group) is 1. The van der Waals surface area contributed by atoms with Crippen molar-refractivity contribution >= 4 is 29.1 Å². The summed E-state index contributed by atoms with van der Waals surface area (Å²) in [6, 6.07) is 32.2. The van der Waals surface area contributed by atoms with Crippen molar-refractivity contribution in [3.8, 4) is 22.3 Å². The van der Waals surface area contributed by atoms with Crippen LogP contribution in [0.1, 0.15) is 60.1 Å². The van der Waals surface area contributed by atoms with E-state index in [1.165, 1.54) is 45.1 Å². The van der Waals surface area contributed by atoms with E-state index in [2.05, 4.69) is 77.1 Å². The van der Waals surface area contributed by atoms with E-state index in [1.807, 2.05) is 42.3 Å². The van der Waals surface area contributed by atoms with Gasteiger partial charge in [-0.15, -0.1) is 0 Å². The van der Waals surface area contributed by atoms with Crippen LogP contribution in [0.4, 0.5) is 11.4 Å². The van der Waals surface area contributed by atoms with E-state index < -0.39 is 18.1 Å². The van der Waals surface area contributed by atoms with Gasteiger partial charge in [-0.05, 0) is 145 Å². The number of aromatic nitrogens is 1. The lowest BCUT2D eigenvalue weighted by Gasteiger charge is -2.26. The maximum Gasteiger partial charge on any atom is 0.256 e. The molecule has 2 heterocycles. The molecule has 5 aromatic rings. The van der Waals surface area contributed by atoms with Gasteiger partial charge in [0.15, 0.2) is 6.10 Å². The molecule has 0 radical (unpaired) electrons. The Morgan fingerprint density at radius 1 is 0.800 bits per heavy atom. The van der Waals surface area contributed by atoms with Crippen molar-refractivity contribution < 1.29 is 19.5 Å². The number of aliphatic hydroxyl groups is 1. The molecule has 4 bridgehead atoms. The lowest BCUT2D eigenvalue weighted by molar-refractivity contribution is -0.144. The molecule has 1 fully saturated rings. The summed E-state index contributed by atoms with van der Waals surface area (Å²) in [5.41, 5.74) is 11.4. The van der Waals surface area contributed by atoms with Gasteiger partial charge in [-0.1, -0.05) is 67.6 Å². The van der Waals surface area contributed by atoms with Gasteiger partial charge in [0.2, 0.25) is 11.8 Å². The molecule has 9 heteroatoms. The van der Waals surface area contributed by atoms with Crippen LogP contribution < -0.4 is 10.6 Å². The summed E-state index contributed by atoms with van der Waals surface area (Å²) in [6.45, 7) is 3.77. The highest BCUT2D eigenvalue weighted by Gasteiger charge is 2.37. The maximum atomic E-state index is 13.6. The Kier molecular flexibility index (Phi) is 11.8. The second kappa shape index (κ2) is 17.2. The minimum Gasteiger partial charge on any atom is -0.378 e. The fourth-order valence-electron chi connectivity index (χ4n) is 7.90. The van der Waals surface area contributed by atoms with Crippen LogP contribution in [0.25, 0.3) is 22.3 Å². The summed E-state index contributed by atoms with van der Waals surface area (Å²) < 4.78 is 0. The maximum absolute atomic E-state index is 13.6. The molecular weight excluding hydrogens is 687 g/mol. The molecule has 5 aliphatic rings. The molecule has 3 amide bonds. The van der Waals surface area contributed by atoms with E-state index in [-0.39, 0.29) is 11.8 Å². The topological polar surface area (TPSA) is 115 Å². The van der Waals surface area contributed by atoms with E-state index in [0.717, 1.165) is 61.0 Å². The number of carbonyl (C=O) groups is 3. The zero-order valence-electron chi connectivity index (χ0n) is 31.6. The molecule has 0 spiro atoms. The third-order valence-corrected chi connectivity index (χ3v) is 10.7. The van der Waals surface area contributed by atoms with Crippen molar-refractivity contribution in [3.63, 3.8) is 0 Å². The Morgan fingerprint density at radius 2 is 1.40 bits per heavy atom. The van der Waals surface area contributed by atoms with E-state index in [4.69, 9.17) is 0 Å². The second-order valence-electron chi connectivity index (χ2n) is 14.8. The van der Waals surface area contributed by atoms with Gasteiger partial charge < -0.3 is 20.6 Å². The molecule has 4 aliphatic carbocycles. The zero-order chi connectivity index (χ0) is 38.3. The number of nitrogens with one attached hydrogen (secondary N) is 2. The fraction of sp³-hybridized carbons (Fsp3) is 0.304. The molecule has 10 rings (SSSR count). The zero-order valence-corrected chi connectivity index (χ0v) is 31.6. The molecule has 4 aromatic carbocycles. The highest BCUT2D eigenvalue weighted by atomic mass is 16.3. The SMILES string of the molecule is CCCN(C)CC(=O)Nc1cccc(-c2cc3ccc2CCc2ccc(c(-c4cccc(NC(=O)[C@@H]5CCCN5C(=O)[C@@H](O)c5ccncc5)c4)c2)CC3)c1. The van der Waals surface area contributed by atoms with Crippen LogP contribution in [0.5, 0.6) is 0 Å². The fourth-order valence-corrected chi connectivity index (χ4v) is 7.90. The first-order valence-electron chi connectivity index (χ1n) is 19.4. The van der Waals surface area contributed by atoms with Gasteiger partial charge >= 0.3 is 0 Å². The first-order chi connectivity index (χ1) is 26.7. The normalized spacial score (nSPS) is 15.7. The molecule has 55 heavy (non-hydrogen) atoms. The van der Waals surface area contributed by atoms with Crippen LogP contribution in [0.15, 0.2) is 109 Å². The number of rotatable bonds is 11. The predicted molar refractivity (Wildman–Crippen MR) is 218 cm³/mol. The molecule has 1 aliphatic heterocycles. The molecular formula is C46H49N5O4. The van der Waals surface area contributed by atoms with Gasteiger partial charge in [-0.3, -0.25) is 24.3 Å². The Hall–Kier alpha value is -5.64. The number of anilines is 2. The Balaban J connectivity index is 1.07. The average molecular weight is 736 g/mol. The van der Waals surface area contributed by atoms with Crippen LogP contribution in [-0.2, 0) is 40.1 Å². The van der Waals surface area contributed by atoms with Crippen molar-refractivity contribution in [2.24, 2.45) is 0 Å². The molecule has 3 N–H and O–H groups in total. The highest BCUT2D eigenvalue weighted by Crippen LogP contribution is 2.33. The number of pyridine rings is 1. The van der Waals surface area contributed by atoms with Crippen LogP contribution >= 0.6 is 0 Å². The number of amides is 3. The quantitative estimate of drug-likeness (QED) is 0.132. The largest absolute Gasteiger partial charge is 0.378 e. The van der Waals surface area contributed by atoms with E-state index >= 15 is 0 Å². The number of aryl methyl sites for hydroxylation is 4. The van der Waals surface area contributed by atoms with Crippen molar-refractivity contribution in [2.75, 3.05) is 37.3 Å². The van der Waals surface area contributed by atoms with E-state index in [1.54, 1.807) is 12.1 Å². The number of likely N-dealkylation sites (tertiary alicyclic amines) is 1.